The maximum Gasteiger partial charge on any atom is 0.326 e. The molecule has 0 fully saturated rings. The Morgan fingerprint density at radius 2 is 1.48 bits per heavy atom. The van der Waals surface area contributed by atoms with E-state index in [0.717, 1.165) is 0 Å². The third-order valence-corrected chi connectivity index (χ3v) is 5.43. The zero-order valence-corrected chi connectivity index (χ0v) is 20.2. The van der Waals surface area contributed by atoms with Crippen LogP contribution < -0.4 is 27.4 Å². The normalized spacial score (nSPS) is 14.6. The fourth-order valence-electron chi connectivity index (χ4n) is 2.86. The van der Waals surface area contributed by atoms with E-state index in [-0.39, 0.29) is 12.8 Å². The van der Waals surface area contributed by atoms with Crippen molar-refractivity contribution < 1.29 is 34.2 Å². The molecule has 0 radical (unpaired) electrons. The van der Waals surface area contributed by atoms with Crippen molar-refractivity contribution in [2.75, 3.05) is 18.6 Å². The molecule has 0 aliphatic heterocycles. The number of thioether (sulfide) groups is 1. The fraction of sp³-hybridized carbons (Fsp3) is 0.750. The van der Waals surface area contributed by atoms with Gasteiger partial charge in [0.2, 0.25) is 17.7 Å². The number of hydrogen-bond donors (Lipinski definition) is 7. The molecule has 0 bridgehead atoms. The largest absolute Gasteiger partial charge is 0.481 e. The summed E-state index contributed by atoms with van der Waals surface area (Å²) in [5, 5.41) is 25.7. The van der Waals surface area contributed by atoms with Gasteiger partial charge < -0.3 is 37.6 Å². The summed E-state index contributed by atoms with van der Waals surface area (Å²) in [5.41, 5.74) is 11.0. The number of unbranched alkanes of at least 4 members (excludes halogenated alkanes) is 1. The van der Waals surface area contributed by atoms with Crippen LogP contribution in [-0.2, 0) is 24.0 Å². The highest BCUT2D eigenvalue weighted by molar-refractivity contribution is 7.98. The number of rotatable bonds is 17. The minimum Gasteiger partial charge on any atom is -0.481 e. The van der Waals surface area contributed by atoms with Gasteiger partial charge in [0.25, 0.3) is 0 Å². The van der Waals surface area contributed by atoms with Gasteiger partial charge in [0.15, 0.2) is 0 Å². The highest BCUT2D eigenvalue weighted by Gasteiger charge is 2.31. The molecule has 190 valence electrons. The van der Waals surface area contributed by atoms with Gasteiger partial charge in [-0.15, -0.1) is 0 Å². The van der Waals surface area contributed by atoms with E-state index in [1.54, 1.807) is 13.8 Å². The summed E-state index contributed by atoms with van der Waals surface area (Å²) in [6.45, 7) is 3.75. The van der Waals surface area contributed by atoms with Crippen molar-refractivity contribution in [3.63, 3.8) is 0 Å². The molecular formula is C20H37N5O7S. The molecule has 4 atom stereocenters. The standard InChI is InChI=1S/C20H37N5O7S/c1-11(2)16(25-17(28)12(22)10-15(26)27)19(30)23-13(7-9-33-3)18(29)24-14(20(31)32)6-4-5-8-21/h11-14,16H,4-10,21-22H2,1-3H3,(H,23,30)(H,24,29)(H,25,28)(H,26,27)(H,31,32). The van der Waals surface area contributed by atoms with Gasteiger partial charge in [-0.3, -0.25) is 19.2 Å². The second-order valence-electron chi connectivity index (χ2n) is 7.96. The second kappa shape index (κ2) is 16.3. The Morgan fingerprint density at radius 3 is 1.97 bits per heavy atom. The van der Waals surface area contributed by atoms with Crippen LogP contribution in [0.3, 0.4) is 0 Å². The van der Waals surface area contributed by atoms with E-state index >= 15 is 0 Å². The predicted octanol–water partition coefficient (Wildman–Crippen LogP) is -1.13. The molecule has 9 N–H and O–H groups in total. The highest BCUT2D eigenvalue weighted by atomic mass is 32.2. The SMILES string of the molecule is CSCCC(NC(=O)C(NC(=O)C(N)CC(=O)O)C(C)C)C(=O)NC(CCCCN)C(=O)O. The van der Waals surface area contributed by atoms with Gasteiger partial charge in [-0.05, 0) is 50.2 Å². The second-order valence-corrected chi connectivity index (χ2v) is 8.95. The van der Waals surface area contributed by atoms with E-state index in [2.05, 4.69) is 16.0 Å². The molecule has 0 saturated heterocycles. The Kier molecular flexibility index (Phi) is 15.1. The minimum atomic E-state index is -1.34. The molecule has 0 aromatic heterocycles. The lowest BCUT2D eigenvalue weighted by atomic mass is 10.0. The van der Waals surface area contributed by atoms with Crippen LogP contribution in [0.4, 0.5) is 0 Å². The van der Waals surface area contributed by atoms with Crippen molar-refractivity contribution in [3.05, 3.63) is 0 Å². The maximum atomic E-state index is 12.9. The number of carbonyl (C=O) groups is 5. The van der Waals surface area contributed by atoms with Gasteiger partial charge in [0.05, 0.1) is 12.5 Å². The Morgan fingerprint density at radius 1 is 0.879 bits per heavy atom. The molecule has 0 spiro atoms. The third-order valence-electron chi connectivity index (χ3n) is 4.78. The van der Waals surface area contributed by atoms with Gasteiger partial charge in [0.1, 0.15) is 18.1 Å². The molecule has 0 rings (SSSR count). The quantitative estimate of drug-likeness (QED) is 0.121. The van der Waals surface area contributed by atoms with Gasteiger partial charge in [-0.2, -0.15) is 11.8 Å². The van der Waals surface area contributed by atoms with E-state index in [9.17, 15) is 29.1 Å². The van der Waals surface area contributed by atoms with Crippen LogP contribution in [0.1, 0.15) is 46.0 Å². The number of carboxylic acids is 2. The van der Waals surface area contributed by atoms with E-state index in [1.165, 1.54) is 11.8 Å². The van der Waals surface area contributed by atoms with E-state index in [0.29, 0.717) is 25.1 Å². The topological polar surface area (TPSA) is 214 Å². The summed E-state index contributed by atoms with van der Waals surface area (Å²) < 4.78 is 0. The van der Waals surface area contributed by atoms with Crippen molar-refractivity contribution in [1.82, 2.24) is 16.0 Å². The Labute approximate surface area is 198 Å². The molecule has 0 heterocycles. The Balaban J connectivity index is 5.34. The molecule has 0 aliphatic rings. The molecule has 0 aromatic carbocycles. The maximum absolute atomic E-state index is 12.9. The lowest BCUT2D eigenvalue weighted by Crippen LogP contribution is -2.58. The molecule has 0 saturated carbocycles. The summed E-state index contributed by atoms with van der Waals surface area (Å²) in [6.07, 6.45) is 2.81. The molecule has 3 amide bonds. The van der Waals surface area contributed by atoms with Gasteiger partial charge in [-0.1, -0.05) is 13.8 Å². The summed E-state index contributed by atoms with van der Waals surface area (Å²) in [5.74, 6) is -4.41. The number of carboxylic acid groups (broad SMARTS) is 2. The summed E-state index contributed by atoms with van der Waals surface area (Å²) >= 11 is 1.45. The molecule has 13 heteroatoms. The van der Waals surface area contributed by atoms with Crippen LogP contribution in [0.15, 0.2) is 0 Å². The van der Waals surface area contributed by atoms with Crippen LogP contribution in [0, 0.1) is 5.92 Å². The van der Waals surface area contributed by atoms with Crippen molar-refractivity contribution in [1.29, 1.82) is 0 Å². The van der Waals surface area contributed by atoms with Gasteiger partial charge in [0, 0.05) is 0 Å². The fourth-order valence-corrected chi connectivity index (χ4v) is 3.34. The molecule has 12 nitrogen and oxygen atoms in total. The lowest BCUT2D eigenvalue weighted by Gasteiger charge is -2.27. The minimum absolute atomic E-state index is 0.202. The Bertz CT molecular complexity index is 677. The van der Waals surface area contributed by atoms with Crippen LogP contribution >= 0.6 is 11.8 Å². The van der Waals surface area contributed by atoms with Crippen LogP contribution in [-0.4, -0.2) is 82.6 Å². The lowest BCUT2D eigenvalue weighted by molar-refractivity contribution is -0.142. The third kappa shape index (κ3) is 12.4. The average molecular weight is 492 g/mol. The number of hydrogen-bond acceptors (Lipinski definition) is 8. The first-order valence-corrected chi connectivity index (χ1v) is 12.1. The molecule has 0 aromatic rings. The molecular weight excluding hydrogens is 454 g/mol. The van der Waals surface area contributed by atoms with Crippen molar-refractivity contribution >= 4 is 41.4 Å². The predicted molar refractivity (Wildman–Crippen MR) is 124 cm³/mol. The first-order valence-electron chi connectivity index (χ1n) is 10.7. The number of aliphatic carboxylic acids is 2. The number of carbonyl (C=O) groups excluding carboxylic acids is 3. The summed E-state index contributed by atoms with van der Waals surface area (Å²) in [4.78, 5) is 60.1. The van der Waals surface area contributed by atoms with Crippen LogP contribution in [0.5, 0.6) is 0 Å². The number of amides is 3. The number of nitrogens with two attached hydrogens (primary N) is 2. The van der Waals surface area contributed by atoms with Crippen molar-refractivity contribution in [2.24, 2.45) is 17.4 Å². The van der Waals surface area contributed by atoms with Gasteiger partial charge >= 0.3 is 11.9 Å². The highest BCUT2D eigenvalue weighted by Crippen LogP contribution is 2.08. The van der Waals surface area contributed by atoms with Crippen LogP contribution in [0.25, 0.3) is 0 Å². The zero-order valence-electron chi connectivity index (χ0n) is 19.3. The first-order chi connectivity index (χ1) is 15.4. The van der Waals surface area contributed by atoms with Crippen molar-refractivity contribution in [3.8, 4) is 0 Å². The Hall–Kier alpha value is -2.38. The smallest absolute Gasteiger partial charge is 0.326 e. The zero-order chi connectivity index (χ0) is 25.6. The molecule has 33 heavy (non-hydrogen) atoms. The monoisotopic (exact) mass is 491 g/mol. The van der Waals surface area contributed by atoms with Crippen molar-refractivity contribution in [2.45, 2.75) is 70.1 Å². The van der Waals surface area contributed by atoms with Crippen LogP contribution in [0.2, 0.25) is 0 Å². The van der Waals surface area contributed by atoms with Gasteiger partial charge in [-0.25, -0.2) is 4.79 Å². The molecule has 4 unspecified atom stereocenters. The van der Waals surface area contributed by atoms with E-state index < -0.39 is 66.2 Å². The first kappa shape index (κ1) is 30.6. The number of nitrogens with one attached hydrogen (secondary N) is 3. The summed E-state index contributed by atoms with van der Waals surface area (Å²) in [7, 11) is 0. The summed E-state index contributed by atoms with van der Waals surface area (Å²) in [6, 6.07) is -4.54. The van der Waals surface area contributed by atoms with E-state index in [4.69, 9.17) is 16.6 Å². The van der Waals surface area contributed by atoms with E-state index in [1.807, 2.05) is 6.26 Å². The average Bonchev–Trinajstić information content (AvgIpc) is 2.72. The molecule has 0 aliphatic carbocycles.